The number of nitro groups is 1. The molecule has 0 aromatic heterocycles. The predicted octanol–water partition coefficient (Wildman–Crippen LogP) is 2.83. The fourth-order valence-corrected chi connectivity index (χ4v) is 2.93. The highest BCUT2D eigenvalue weighted by atomic mass is 16.6. The third kappa shape index (κ3) is 3.78. The molecule has 2 aromatic carbocycles. The third-order valence-corrected chi connectivity index (χ3v) is 4.14. The van der Waals surface area contributed by atoms with E-state index < -0.39 is 4.92 Å². The van der Waals surface area contributed by atoms with Crippen LogP contribution in [0.25, 0.3) is 0 Å². The number of carbonyl (C=O) groups is 1. The standard InChI is InChI=1S/C18H19N3O3/c22-18-14-19(13-15-7-9-17(10-8-15)21(23)24)11-4-12-20(18)16-5-2-1-3-6-16/h1-3,5-10H,4,11-14H2. The number of hydrogen-bond acceptors (Lipinski definition) is 4. The lowest BCUT2D eigenvalue weighted by Gasteiger charge is -2.21. The highest BCUT2D eigenvalue weighted by Gasteiger charge is 2.22. The number of para-hydroxylation sites is 1. The summed E-state index contributed by atoms with van der Waals surface area (Å²) in [4.78, 5) is 26.8. The molecule has 0 N–H and O–H groups in total. The van der Waals surface area contributed by atoms with Crippen molar-refractivity contribution in [3.05, 3.63) is 70.3 Å². The van der Waals surface area contributed by atoms with E-state index >= 15 is 0 Å². The molecule has 3 rings (SSSR count). The van der Waals surface area contributed by atoms with E-state index in [1.165, 1.54) is 12.1 Å². The number of amides is 1. The van der Waals surface area contributed by atoms with E-state index in [2.05, 4.69) is 4.90 Å². The van der Waals surface area contributed by atoms with Crippen LogP contribution in [0.15, 0.2) is 54.6 Å². The van der Waals surface area contributed by atoms with Gasteiger partial charge in [-0.1, -0.05) is 30.3 Å². The number of benzene rings is 2. The largest absolute Gasteiger partial charge is 0.311 e. The van der Waals surface area contributed by atoms with Crippen molar-refractivity contribution in [2.24, 2.45) is 0 Å². The zero-order valence-corrected chi connectivity index (χ0v) is 13.3. The van der Waals surface area contributed by atoms with Crippen molar-refractivity contribution < 1.29 is 9.72 Å². The smallest absolute Gasteiger partial charge is 0.269 e. The molecule has 0 aliphatic carbocycles. The summed E-state index contributed by atoms with van der Waals surface area (Å²) in [5.74, 6) is 0.0839. The maximum atomic E-state index is 12.6. The lowest BCUT2D eigenvalue weighted by Crippen LogP contribution is -2.36. The van der Waals surface area contributed by atoms with Crippen molar-refractivity contribution >= 4 is 17.3 Å². The first-order valence-electron chi connectivity index (χ1n) is 7.94. The molecule has 1 aliphatic heterocycles. The number of rotatable bonds is 4. The Morgan fingerprint density at radius 2 is 1.71 bits per heavy atom. The molecule has 0 atom stereocenters. The summed E-state index contributed by atoms with van der Waals surface area (Å²) in [5.41, 5.74) is 1.99. The molecule has 6 heteroatoms. The average molecular weight is 325 g/mol. The summed E-state index contributed by atoms with van der Waals surface area (Å²) in [6.07, 6.45) is 0.896. The quantitative estimate of drug-likeness (QED) is 0.640. The highest BCUT2D eigenvalue weighted by molar-refractivity contribution is 5.95. The molecule has 0 spiro atoms. The maximum absolute atomic E-state index is 12.6. The Bertz CT molecular complexity index is 716. The van der Waals surface area contributed by atoms with Gasteiger partial charge in [-0.15, -0.1) is 0 Å². The van der Waals surface area contributed by atoms with Gasteiger partial charge in [0, 0.05) is 37.5 Å². The van der Waals surface area contributed by atoms with Crippen LogP contribution < -0.4 is 4.90 Å². The second-order valence-electron chi connectivity index (χ2n) is 5.87. The summed E-state index contributed by atoms with van der Waals surface area (Å²) >= 11 is 0. The fourth-order valence-electron chi connectivity index (χ4n) is 2.93. The van der Waals surface area contributed by atoms with Crippen LogP contribution in [-0.2, 0) is 11.3 Å². The summed E-state index contributed by atoms with van der Waals surface area (Å²) in [6, 6.07) is 16.2. The highest BCUT2D eigenvalue weighted by Crippen LogP contribution is 2.18. The number of non-ortho nitro benzene ring substituents is 1. The summed E-state index contributed by atoms with van der Waals surface area (Å²) in [7, 11) is 0. The number of anilines is 1. The number of nitro benzene ring substituents is 1. The molecule has 24 heavy (non-hydrogen) atoms. The maximum Gasteiger partial charge on any atom is 0.269 e. The number of hydrogen-bond donors (Lipinski definition) is 0. The first kappa shape index (κ1) is 16.1. The SMILES string of the molecule is O=C1CN(Cc2ccc([N+](=O)[O-])cc2)CCCN1c1ccccc1. The summed E-state index contributed by atoms with van der Waals surface area (Å²) < 4.78 is 0. The minimum Gasteiger partial charge on any atom is -0.311 e. The normalized spacial score (nSPS) is 16.0. The van der Waals surface area contributed by atoms with Crippen LogP contribution >= 0.6 is 0 Å². The molecular formula is C18H19N3O3. The van der Waals surface area contributed by atoms with Gasteiger partial charge >= 0.3 is 0 Å². The zero-order chi connectivity index (χ0) is 16.9. The van der Waals surface area contributed by atoms with Crippen molar-refractivity contribution in [2.75, 3.05) is 24.5 Å². The average Bonchev–Trinajstić information content (AvgIpc) is 2.77. The van der Waals surface area contributed by atoms with Crippen LogP contribution in [0, 0.1) is 10.1 Å². The van der Waals surface area contributed by atoms with Gasteiger partial charge in [-0.05, 0) is 24.1 Å². The number of carbonyl (C=O) groups excluding carboxylic acids is 1. The third-order valence-electron chi connectivity index (χ3n) is 4.14. The second kappa shape index (κ2) is 7.23. The van der Waals surface area contributed by atoms with Crippen molar-refractivity contribution in [1.29, 1.82) is 0 Å². The van der Waals surface area contributed by atoms with Gasteiger partial charge in [0.2, 0.25) is 5.91 Å². The van der Waals surface area contributed by atoms with Crippen molar-refractivity contribution in [3.63, 3.8) is 0 Å². The van der Waals surface area contributed by atoms with E-state index in [0.29, 0.717) is 19.6 Å². The van der Waals surface area contributed by atoms with E-state index in [4.69, 9.17) is 0 Å². The minimum atomic E-state index is -0.406. The van der Waals surface area contributed by atoms with Gasteiger partial charge in [-0.3, -0.25) is 19.8 Å². The fraction of sp³-hybridized carbons (Fsp3) is 0.278. The van der Waals surface area contributed by atoms with Gasteiger partial charge in [0.25, 0.3) is 5.69 Å². The zero-order valence-electron chi connectivity index (χ0n) is 13.3. The van der Waals surface area contributed by atoms with Gasteiger partial charge in [0.05, 0.1) is 11.5 Å². The van der Waals surface area contributed by atoms with Crippen molar-refractivity contribution in [1.82, 2.24) is 4.90 Å². The molecule has 6 nitrogen and oxygen atoms in total. The van der Waals surface area contributed by atoms with Crippen LogP contribution in [0.1, 0.15) is 12.0 Å². The van der Waals surface area contributed by atoms with Crippen LogP contribution in [0.2, 0.25) is 0 Å². The Kier molecular flexibility index (Phi) is 4.86. The van der Waals surface area contributed by atoms with E-state index in [-0.39, 0.29) is 11.6 Å². The molecule has 1 saturated heterocycles. The first-order valence-corrected chi connectivity index (χ1v) is 7.94. The molecule has 124 valence electrons. The Morgan fingerprint density at radius 1 is 1.00 bits per heavy atom. The molecule has 1 fully saturated rings. The number of nitrogens with zero attached hydrogens (tertiary/aromatic N) is 3. The molecule has 1 heterocycles. The molecule has 1 aliphatic rings. The summed E-state index contributed by atoms with van der Waals surface area (Å²) in [5, 5.41) is 10.7. The van der Waals surface area contributed by atoms with Gasteiger partial charge in [0.1, 0.15) is 0 Å². The Hall–Kier alpha value is -2.73. The lowest BCUT2D eigenvalue weighted by molar-refractivity contribution is -0.384. The van der Waals surface area contributed by atoms with Gasteiger partial charge in [-0.25, -0.2) is 0 Å². The van der Waals surface area contributed by atoms with Crippen LogP contribution in [0.3, 0.4) is 0 Å². The van der Waals surface area contributed by atoms with Crippen LogP contribution in [0.5, 0.6) is 0 Å². The van der Waals surface area contributed by atoms with Gasteiger partial charge in [0.15, 0.2) is 0 Å². The minimum absolute atomic E-state index is 0.0839. The topological polar surface area (TPSA) is 66.7 Å². The monoisotopic (exact) mass is 325 g/mol. The predicted molar refractivity (Wildman–Crippen MR) is 91.8 cm³/mol. The van der Waals surface area contributed by atoms with E-state index in [1.807, 2.05) is 35.2 Å². The second-order valence-corrected chi connectivity index (χ2v) is 5.87. The van der Waals surface area contributed by atoms with Gasteiger partial charge in [-0.2, -0.15) is 0 Å². The summed E-state index contributed by atoms with van der Waals surface area (Å²) in [6.45, 7) is 2.50. The molecule has 0 unspecified atom stereocenters. The molecule has 1 amide bonds. The van der Waals surface area contributed by atoms with Gasteiger partial charge < -0.3 is 4.90 Å². The molecule has 2 aromatic rings. The van der Waals surface area contributed by atoms with Crippen LogP contribution in [-0.4, -0.2) is 35.4 Å². The lowest BCUT2D eigenvalue weighted by atomic mass is 10.2. The molecule has 0 radical (unpaired) electrons. The molecule has 0 bridgehead atoms. The van der Waals surface area contributed by atoms with E-state index in [9.17, 15) is 14.9 Å². The van der Waals surface area contributed by atoms with E-state index in [0.717, 1.165) is 24.2 Å². The first-order chi connectivity index (χ1) is 11.6. The van der Waals surface area contributed by atoms with Crippen molar-refractivity contribution in [3.8, 4) is 0 Å². The Balaban J connectivity index is 1.66. The molecule has 0 saturated carbocycles. The van der Waals surface area contributed by atoms with E-state index in [1.54, 1.807) is 12.1 Å². The Morgan fingerprint density at radius 3 is 2.38 bits per heavy atom. The molecular weight excluding hydrogens is 306 g/mol. The van der Waals surface area contributed by atoms with Crippen molar-refractivity contribution in [2.45, 2.75) is 13.0 Å². The Labute approximate surface area is 140 Å². The van der Waals surface area contributed by atoms with Crippen LogP contribution in [0.4, 0.5) is 11.4 Å².